The topological polar surface area (TPSA) is 53.1 Å². The minimum atomic E-state index is -0.646. The molecule has 1 fully saturated rings. The van der Waals surface area contributed by atoms with Gasteiger partial charge in [0.25, 0.3) is 0 Å². The van der Waals surface area contributed by atoms with Gasteiger partial charge in [-0.3, -0.25) is 14.5 Å². The summed E-state index contributed by atoms with van der Waals surface area (Å²) in [6.45, 7) is 6.18. The van der Waals surface area contributed by atoms with E-state index in [1.165, 1.54) is 11.1 Å². The van der Waals surface area contributed by atoms with Crippen molar-refractivity contribution in [1.29, 1.82) is 0 Å². The van der Waals surface area contributed by atoms with Gasteiger partial charge in [-0.1, -0.05) is 104 Å². The smallest absolute Gasteiger partial charge is 0.247 e. The van der Waals surface area contributed by atoms with E-state index in [2.05, 4.69) is 60.4 Å². The second kappa shape index (κ2) is 15.9. The Morgan fingerprint density at radius 2 is 1.36 bits per heavy atom. The van der Waals surface area contributed by atoms with Gasteiger partial charge in [-0.25, -0.2) is 0 Å². The number of benzene rings is 4. The van der Waals surface area contributed by atoms with Crippen molar-refractivity contribution in [1.82, 2.24) is 14.7 Å². The van der Waals surface area contributed by atoms with Crippen LogP contribution >= 0.6 is 0 Å². The lowest BCUT2D eigenvalue weighted by Gasteiger charge is -2.39. The fourth-order valence-corrected chi connectivity index (χ4v) is 5.74. The van der Waals surface area contributed by atoms with Gasteiger partial charge < -0.3 is 14.5 Å². The lowest BCUT2D eigenvalue weighted by Crippen LogP contribution is -2.56. The molecule has 0 bridgehead atoms. The second-order valence-corrected chi connectivity index (χ2v) is 11.5. The highest BCUT2D eigenvalue weighted by molar-refractivity contribution is 5.95. The van der Waals surface area contributed by atoms with Crippen molar-refractivity contribution in [2.45, 2.75) is 38.9 Å². The molecular weight excluding hydrogens is 558 g/mol. The lowest BCUT2D eigenvalue weighted by molar-refractivity contribution is -0.145. The third kappa shape index (κ3) is 8.93. The van der Waals surface area contributed by atoms with E-state index in [-0.39, 0.29) is 11.8 Å². The highest BCUT2D eigenvalue weighted by Crippen LogP contribution is 2.20. The summed E-state index contributed by atoms with van der Waals surface area (Å²) in [7, 11) is 1.63. The van der Waals surface area contributed by atoms with E-state index >= 15 is 0 Å². The summed E-state index contributed by atoms with van der Waals surface area (Å²) < 4.78 is 5.28. The van der Waals surface area contributed by atoms with Crippen molar-refractivity contribution in [3.05, 3.63) is 143 Å². The molecule has 1 aliphatic rings. The van der Waals surface area contributed by atoms with Gasteiger partial charge in [0.05, 0.1) is 7.11 Å². The molecule has 4 aromatic rings. The lowest BCUT2D eigenvalue weighted by atomic mass is 10.0. The SMILES string of the molecule is CCc1ccc(CN(C(=O)C=Cc2ccc(OC)cc2)[C@@H](Cc2ccccc2)C(=O)N2CCN(Cc3ccccc3)CC2)cc1. The van der Waals surface area contributed by atoms with E-state index in [4.69, 9.17) is 4.74 Å². The van der Waals surface area contributed by atoms with Crippen LogP contribution in [0.25, 0.3) is 6.08 Å². The van der Waals surface area contributed by atoms with E-state index < -0.39 is 6.04 Å². The average Bonchev–Trinajstić information content (AvgIpc) is 3.10. The first-order valence-corrected chi connectivity index (χ1v) is 15.8. The number of carbonyl (C=O) groups is 2. The van der Waals surface area contributed by atoms with Crippen molar-refractivity contribution in [2.75, 3.05) is 33.3 Å². The molecular formula is C39H43N3O3. The van der Waals surface area contributed by atoms with E-state index in [9.17, 15) is 9.59 Å². The largest absolute Gasteiger partial charge is 0.497 e. The number of hydrogen-bond acceptors (Lipinski definition) is 4. The molecule has 4 aromatic carbocycles. The van der Waals surface area contributed by atoms with E-state index in [1.807, 2.05) is 65.6 Å². The Morgan fingerprint density at radius 1 is 0.756 bits per heavy atom. The molecule has 0 saturated carbocycles. The first-order valence-electron chi connectivity index (χ1n) is 15.8. The zero-order valence-electron chi connectivity index (χ0n) is 26.3. The Morgan fingerprint density at radius 3 is 1.96 bits per heavy atom. The molecule has 0 unspecified atom stereocenters. The van der Waals surface area contributed by atoms with Crippen LogP contribution in [0, 0.1) is 0 Å². The maximum Gasteiger partial charge on any atom is 0.247 e. The van der Waals surface area contributed by atoms with Gasteiger partial charge in [0.2, 0.25) is 11.8 Å². The predicted molar refractivity (Wildman–Crippen MR) is 181 cm³/mol. The molecule has 1 aliphatic heterocycles. The van der Waals surface area contributed by atoms with Crippen molar-refractivity contribution in [3.63, 3.8) is 0 Å². The monoisotopic (exact) mass is 601 g/mol. The molecule has 0 spiro atoms. The molecule has 1 saturated heterocycles. The molecule has 45 heavy (non-hydrogen) atoms. The molecule has 5 rings (SSSR count). The van der Waals surface area contributed by atoms with Crippen molar-refractivity contribution >= 4 is 17.9 Å². The van der Waals surface area contributed by atoms with Crippen LogP contribution in [0.5, 0.6) is 5.75 Å². The molecule has 232 valence electrons. The van der Waals surface area contributed by atoms with Crippen LogP contribution in [0.2, 0.25) is 0 Å². The number of rotatable bonds is 12. The first kappa shape index (κ1) is 31.7. The quantitative estimate of drug-likeness (QED) is 0.180. The Bertz CT molecular complexity index is 1530. The van der Waals surface area contributed by atoms with Crippen molar-refractivity contribution in [3.8, 4) is 5.75 Å². The number of hydrogen-bond donors (Lipinski definition) is 0. The number of aryl methyl sites for hydroxylation is 1. The second-order valence-electron chi connectivity index (χ2n) is 11.5. The zero-order chi connectivity index (χ0) is 31.4. The summed E-state index contributed by atoms with van der Waals surface area (Å²) in [4.78, 5) is 34.6. The molecule has 6 nitrogen and oxygen atoms in total. The summed E-state index contributed by atoms with van der Waals surface area (Å²) in [5.41, 5.74) is 5.42. The Kier molecular flexibility index (Phi) is 11.2. The molecule has 6 heteroatoms. The maximum absolute atomic E-state index is 14.4. The summed E-state index contributed by atoms with van der Waals surface area (Å²) in [6, 6.07) is 35.7. The third-order valence-corrected chi connectivity index (χ3v) is 8.47. The van der Waals surface area contributed by atoms with Gasteiger partial charge in [0.15, 0.2) is 0 Å². The van der Waals surface area contributed by atoms with Gasteiger partial charge in [0.1, 0.15) is 11.8 Å². The minimum absolute atomic E-state index is 0.00501. The highest BCUT2D eigenvalue weighted by atomic mass is 16.5. The first-order chi connectivity index (χ1) is 22.0. The van der Waals surface area contributed by atoms with Gasteiger partial charge in [0, 0.05) is 51.8 Å². The Labute approximate surface area is 267 Å². The number of amides is 2. The normalized spacial score (nSPS) is 14.3. The van der Waals surface area contributed by atoms with Crippen molar-refractivity contribution < 1.29 is 14.3 Å². The average molecular weight is 602 g/mol. The Hall–Kier alpha value is -4.68. The maximum atomic E-state index is 14.4. The van der Waals surface area contributed by atoms with Gasteiger partial charge >= 0.3 is 0 Å². The number of ether oxygens (including phenoxy) is 1. The fourth-order valence-electron chi connectivity index (χ4n) is 5.74. The molecule has 0 radical (unpaired) electrons. The summed E-state index contributed by atoms with van der Waals surface area (Å²) in [5.74, 6) is 0.560. The van der Waals surface area contributed by atoms with Crippen LogP contribution in [-0.2, 0) is 35.5 Å². The number of methoxy groups -OCH3 is 1. The summed E-state index contributed by atoms with van der Waals surface area (Å²) >= 11 is 0. The highest BCUT2D eigenvalue weighted by Gasteiger charge is 2.34. The predicted octanol–water partition coefficient (Wildman–Crippen LogP) is 6.26. The molecule has 0 aromatic heterocycles. The van der Waals surface area contributed by atoms with E-state index in [0.29, 0.717) is 26.1 Å². The van der Waals surface area contributed by atoms with Crippen LogP contribution in [0.15, 0.2) is 115 Å². The Balaban J connectivity index is 1.40. The zero-order valence-corrected chi connectivity index (χ0v) is 26.3. The van der Waals surface area contributed by atoms with Crippen LogP contribution in [-0.4, -0.2) is 65.8 Å². The van der Waals surface area contributed by atoms with Gasteiger partial charge in [-0.2, -0.15) is 0 Å². The van der Waals surface area contributed by atoms with Crippen LogP contribution in [0.1, 0.15) is 34.7 Å². The van der Waals surface area contributed by atoms with Crippen LogP contribution in [0.3, 0.4) is 0 Å². The standard InChI is InChI=1S/C39H43N3O3/c1-3-31-14-16-35(17-15-31)30-42(38(43)23-20-32-18-21-36(45-2)22-19-32)37(28-33-10-6-4-7-11-33)39(44)41-26-24-40(25-27-41)29-34-12-8-5-9-13-34/h4-23,37H,3,24-30H2,1-2H3/t37-/m0/s1. The minimum Gasteiger partial charge on any atom is -0.497 e. The van der Waals surface area contributed by atoms with Crippen LogP contribution in [0.4, 0.5) is 0 Å². The molecule has 0 N–H and O–H groups in total. The summed E-state index contributed by atoms with van der Waals surface area (Å²) in [5, 5.41) is 0. The van der Waals surface area contributed by atoms with Crippen molar-refractivity contribution in [2.24, 2.45) is 0 Å². The van der Waals surface area contributed by atoms with Gasteiger partial charge in [-0.05, 0) is 52.4 Å². The number of carbonyl (C=O) groups excluding carboxylic acids is 2. The molecule has 1 atom stereocenters. The molecule has 2 amide bonds. The third-order valence-electron chi connectivity index (χ3n) is 8.47. The van der Waals surface area contributed by atoms with Gasteiger partial charge in [-0.15, -0.1) is 0 Å². The number of nitrogens with zero attached hydrogens (tertiary/aromatic N) is 3. The van der Waals surface area contributed by atoms with Crippen LogP contribution < -0.4 is 4.74 Å². The number of piperazine rings is 1. The fraction of sp³-hybridized carbons (Fsp3) is 0.282. The van der Waals surface area contributed by atoms with E-state index in [0.717, 1.165) is 48.5 Å². The van der Waals surface area contributed by atoms with E-state index in [1.54, 1.807) is 24.2 Å². The molecule has 0 aliphatic carbocycles. The summed E-state index contributed by atoms with van der Waals surface area (Å²) in [6.07, 6.45) is 4.78. The molecule has 1 heterocycles.